The van der Waals surface area contributed by atoms with Gasteiger partial charge in [-0.2, -0.15) is 5.10 Å². The third-order valence-corrected chi connectivity index (χ3v) is 8.40. The first kappa shape index (κ1) is 26.5. The molecule has 4 aromatic rings. The average molecular weight is 544 g/mol. The minimum Gasteiger partial charge on any atom is -0.497 e. The lowest BCUT2D eigenvalue weighted by Crippen LogP contribution is -2.53. The third-order valence-electron chi connectivity index (χ3n) is 8.40. The number of ether oxygens (including phenoxy) is 1. The van der Waals surface area contributed by atoms with Gasteiger partial charge < -0.3 is 25.5 Å². The van der Waals surface area contributed by atoms with Crippen LogP contribution in [-0.4, -0.2) is 74.2 Å². The Hall–Kier alpha value is -3.73. The number of aryl methyl sites for hydroxylation is 1. The summed E-state index contributed by atoms with van der Waals surface area (Å²) in [5.74, 6) is 1.30. The number of methoxy groups -OCH3 is 1. The molecule has 0 saturated carbocycles. The molecule has 3 aromatic heterocycles. The number of amides is 1. The van der Waals surface area contributed by atoms with Gasteiger partial charge in [0.05, 0.1) is 25.9 Å². The van der Waals surface area contributed by atoms with Crippen molar-refractivity contribution in [1.29, 1.82) is 0 Å². The summed E-state index contributed by atoms with van der Waals surface area (Å²) in [5.41, 5.74) is 4.29. The first-order valence-electron chi connectivity index (χ1n) is 13.9. The molecule has 210 valence electrons. The Balaban J connectivity index is 1.15. The Morgan fingerprint density at radius 1 is 1.23 bits per heavy atom. The summed E-state index contributed by atoms with van der Waals surface area (Å²) in [6.07, 6.45) is 9.05. The molecular weight excluding hydrogens is 506 g/mol. The molecule has 0 aliphatic carbocycles. The zero-order valence-corrected chi connectivity index (χ0v) is 23.0. The number of aromatic nitrogens is 4. The van der Waals surface area contributed by atoms with Crippen LogP contribution in [0.15, 0.2) is 61.2 Å². The first-order valence-corrected chi connectivity index (χ1v) is 13.9. The molecule has 2 aliphatic heterocycles. The van der Waals surface area contributed by atoms with Crippen molar-refractivity contribution in [2.24, 2.45) is 13.0 Å². The molecule has 0 bridgehead atoms. The van der Waals surface area contributed by atoms with Gasteiger partial charge in [-0.15, -0.1) is 0 Å². The highest BCUT2D eigenvalue weighted by molar-refractivity contribution is 5.83. The van der Waals surface area contributed by atoms with E-state index in [0.29, 0.717) is 19.5 Å². The van der Waals surface area contributed by atoms with Crippen molar-refractivity contribution in [3.63, 3.8) is 0 Å². The molecule has 1 aromatic carbocycles. The fourth-order valence-electron chi connectivity index (χ4n) is 6.30. The van der Waals surface area contributed by atoms with Crippen LogP contribution in [0.3, 0.4) is 0 Å². The molecule has 0 spiro atoms. The Labute approximate surface area is 233 Å². The minimum absolute atomic E-state index is 0.0603. The maximum atomic E-state index is 13.6. The monoisotopic (exact) mass is 543 g/mol. The molecule has 5 atom stereocenters. The van der Waals surface area contributed by atoms with E-state index in [2.05, 4.69) is 37.8 Å². The number of rotatable bonds is 9. The topological polar surface area (TPSA) is 120 Å². The van der Waals surface area contributed by atoms with E-state index in [1.165, 1.54) is 11.1 Å². The fourth-order valence-corrected chi connectivity index (χ4v) is 6.30. The quantitative estimate of drug-likeness (QED) is 0.256. The average Bonchev–Trinajstić information content (AvgIpc) is 3.77. The normalized spacial score (nSPS) is 24.0. The van der Waals surface area contributed by atoms with Crippen LogP contribution in [0.1, 0.15) is 35.6 Å². The molecule has 40 heavy (non-hydrogen) atoms. The number of aliphatic hydroxyl groups is 1. The number of nitrogens with one attached hydrogen (secondary N) is 3. The number of likely N-dealkylation sites (tertiary alicyclic amines) is 1. The van der Waals surface area contributed by atoms with E-state index in [1.54, 1.807) is 13.3 Å². The van der Waals surface area contributed by atoms with Gasteiger partial charge in [-0.1, -0.05) is 12.1 Å². The SMILES string of the molecule is COc1ccc(CC2CC(C(=O)NCc3cc4cnccc4[nH]3)N(C(O)C3CC(c4cnn(C)c4)CN3)C2)cc1. The molecule has 5 heterocycles. The minimum atomic E-state index is -0.766. The predicted octanol–water partition coefficient (Wildman–Crippen LogP) is 2.32. The van der Waals surface area contributed by atoms with Crippen molar-refractivity contribution >= 4 is 16.8 Å². The number of benzene rings is 1. The van der Waals surface area contributed by atoms with E-state index in [1.807, 2.05) is 59.5 Å². The third kappa shape index (κ3) is 5.60. The van der Waals surface area contributed by atoms with Crippen LogP contribution in [0.5, 0.6) is 5.75 Å². The molecule has 5 unspecified atom stereocenters. The molecule has 6 rings (SSSR count). The summed E-state index contributed by atoms with van der Waals surface area (Å²) < 4.78 is 7.12. The van der Waals surface area contributed by atoms with E-state index in [-0.39, 0.29) is 23.8 Å². The number of carbonyl (C=O) groups is 1. The lowest BCUT2D eigenvalue weighted by Gasteiger charge is -2.32. The second kappa shape index (κ2) is 11.4. The fraction of sp³-hybridized carbons (Fsp3) is 0.433. The van der Waals surface area contributed by atoms with Crippen molar-refractivity contribution in [2.75, 3.05) is 20.2 Å². The number of fused-ring (bicyclic) bond motifs is 1. The molecule has 10 nitrogen and oxygen atoms in total. The van der Waals surface area contributed by atoms with Crippen molar-refractivity contribution in [2.45, 2.75) is 50.0 Å². The van der Waals surface area contributed by atoms with E-state index in [0.717, 1.165) is 41.7 Å². The second-order valence-electron chi connectivity index (χ2n) is 11.2. The molecule has 10 heteroatoms. The zero-order valence-electron chi connectivity index (χ0n) is 23.0. The molecule has 2 saturated heterocycles. The molecule has 2 aliphatic rings. The Kier molecular flexibility index (Phi) is 7.55. The van der Waals surface area contributed by atoms with Crippen LogP contribution in [0.4, 0.5) is 0 Å². The van der Waals surface area contributed by atoms with E-state index in [9.17, 15) is 9.90 Å². The van der Waals surface area contributed by atoms with Gasteiger partial charge in [0.1, 0.15) is 12.0 Å². The number of aliphatic hydroxyl groups excluding tert-OH is 1. The van der Waals surface area contributed by atoms with Crippen LogP contribution in [-0.2, 0) is 24.8 Å². The second-order valence-corrected chi connectivity index (χ2v) is 11.2. The highest BCUT2D eigenvalue weighted by atomic mass is 16.5. The van der Waals surface area contributed by atoms with Gasteiger partial charge >= 0.3 is 0 Å². The summed E-state index contributed by atoms with van der Waals surface area (Å²) in [6.45, 7) is 1.82. The smallest absolute Gasteiger partial charge is 0.237 e. The van der Waals surface area contributed by atoms with Crippen LogP contribution in [0, 0.1) is 5.92 Å². The molecule has 0 radical (unpaired) electrons. The van der Waals surface area contributed by atoms with Gasteiger partial charge in [-0.05, 0) is 60.6 Å². The van der Waals surface area contributed by atoms with Crippen LogP contribution >= 0.6 is 0 Å². The van der Waals surface area contributed by atoms with Crippen molar-refractivity contribution < 1.29 is 14.6 Å². The van der Waals surface area contributed by atoms with Gasteiger partial charge in [-0.25, -0.2) is 0 Å². The number of hydrogen-bond acceptors (Lipinski definition) is 7. The largest absolute Gasteiger partial charge is 0.497 e. The Bertz CT molecular complexity index is 1420. The van der Waals surface area contributed by atoms with Gasteiger partial charge in [0.25, 0.3) is 0 Å². The maximum Gasteiger partial charge on any atom is 0.237 e. The van der Waals surface area contributed by atoms with E-state index in [4.69, 9.17) is 4.74 Å². The maximum absolute atomic E-state index is 13.6. The van der Waals surface area contributed by atoms with E-state index < -0.39 is 12.3 Å². The Morgan fingerprint density at radius 2 is 2.08 bits per heavy atom. The van der Waals surface area contributed by atoms with Crippen LogP contribution in [0.2, 0.25) is 0 Å². The van der Waals surface area contributed by atoms with Gasteiger partial charge in [0.15, 0.2) is 0 Å². The van der Waals surface area contributed by atoms with Crippen LogP contribution in [0.25, 0.3) is 10.9 Å². The number of nitrogens with zero attached hydrogens (tertiary/aromatic N) is 4. The summed E-state index contributed by atoms with van der Waals surface area (Å²) in [6, 6.07) is 11.5. The van der Waals surface area contributed by atoms with Gasteiger partial charge in [-0.3, -0.25) is 19.4 Å². The van der Waals surface area contributed by atoms with Crippen LogP contribution < -0.4 is 15.4 Å². The lowest BCUT2D eigenvalue weighted by molar-refractivity contribution is -0.130. The van der Waals surface area contributed by atoms with Crippen molar-refractivity contribution in [3.05, 3.63) is 78.0 Å². The molecule has 2 fully saturated rings. The van der Waals surface area contributed by atoms with Gasteiger partial charge in [0, 0.05) is 67.3 Å². The number of pyridine rings is 1. The molecule has 4 N–H and O–H groups in total. The molecular formula is C30H37N7O3. The van der Waals surface area contributed by atoms with Crippen molar-refractivity contribution in [3.8, 4) is 5.75 Å². The highest BCUT2D eigenvalue weighted by Crippen LogP contribution is 2.33. The number of H-pyrrole nitrogens is 1. The zero-order chi connectivity index (χ0) is 27.6. The number of carbonyl (C=O) groups excluding carboxylic acids is 1. The predicted molar refractivity (Wildman–Crippen MR) is 152 cm³/mol. The Morgan fingerprint density at radius 3 is 2.83 bits per heavy atom. The summed E-state index contributed by atoms with van der Waals surface area (Å²) >= 11 is 0. The van der Waals surface area contributed by atoms with E-state index >= 15 is 0 Å². The van der Waals surface area contributed by atoms with Crippen molar-refractivity contribution in [1.82, 2.24) is 35.3 Å². The summed E-state index contributed by atoms with van der Waals surface area (Å²) in [7, 11) is 3.58. The lowest BCUT2D eigenvalue weighted by atomic mass is 9.96. The number of aromatic amines is 1. The molecule has 1 amide bonds. The summed E-state index contributed by atoms with van der Waals surface area (Å²) in [4.78, 5) is 23.1. The number of hydrogen-bond donors (Lipinski definition) is 4. The first-order chi connectivity index (χ1) is 19.5. The highest BCUT2D eigenvalue weighted by Gasteiger charge is 2.44. The van der Waals surface area contributed by atoms with Gasteiger partial charge in [0.2, 0.25) is 5.91 Å². The standard InChI is InChI=1S/C30H37N7O3/c1-36-18-23(15-34-36)21-12-27(32-14-21)30(39)37-17-20(9-19-3-5-25(40-2)6-4-19)10-28(37)29(38)33-16-24-11-22-13-31-8-7-26(22)35-24/h3-8,11,13,15,18,20-21,27-28,30,32,35,39H,9-10,12,14,16-17H2,1-2H3,(H,33,38). The summed E-state index contributed by atoms with van der Waals surface area (Å²) in [5, 5.41) is 23.6.